The summed E-state index contributed by atoms with van der Waals surface area (Å²) in [4.78, 5) is 6.89. The third-order valence-corrected chi connectivity index (χ3v) is 3.86. The predicted octanol–water partition coefficient (Wildman–Crippen LogP) is 3.94. The van der Waals surface area contributed by atoms with Gasteiger partial charge >= 0.3 is 0 Å². The number of thiophene rings is 1. The SMILES string of the molecule is COc1ncccc1N[C@@H](C)c1cc(C)sc1C. The summed E-state index contributed by atoms with van der Waals surface area (Å²) in [5.41, 5.74) is 2.26. The lowest BCUT2D eigenvalue weighted by atomic mass is 10.1. The fourth-order valence-corrected chi connectivity index (χ4v) is 3.08. The molecule has 1 N–H and O–H groups in total. The maximum Gasteiger partial charge on any atom is 0.237 e. The van der Waals surface area contributed by atoms with E-state index in [9.17, 15) is 0 Å². The van der Waals surface area contributed by atoms with Gasteiger partial charge in [0, 0.05) is 22.0 Å². The fourth-order valence-electron chi connectivity index (χ4n) is 2.05. The Morgan fingerprint density at radius 1 is 1.39 bits per heavy atom. The zero-order chi connectivity index (χ0) is 13.1. The van der Waals surface area contributed by atoms with Crippen LogP contribution >= 0.6 is 11.3 Å². The molecule has 0 amide bonds. The van der Waals surface area contributed by atoms with Crippen molar-refractivity contribution < 1.29 is 4.74 Å². The van der Waals surface area contributed by atoms with Crippen LogP contribution in [0.4, 0.5) is 5.69 Å². The van der Waals surface area contributed by atoms with Gasteiger partial charge in [0.1, 0.15) is 0 Å². The number of aromatic nitrogens is 1. The zero-order valence-electron chi connectivity index (χ0n) is 11.2. The van der Waals surface area contributed by atoms with Crippen molar-refractivity contribution >= 4 is 17.0 Å². The molecule has 0 saturated heterocycles. The number of hydrogen-bond donors (Lipinski definition) is 1. The van der Waals surface area contributed by atoms with Gasteiger partial charge in [0.25, 0.3) is 0 Å². The van der Waals surface area contributed by atoms with Crippen LogP contribution in [0.3, 0.4) is 0 Å². The summed E-state index contributed by atoms with van der Waals surface area (Å²) in [6.45, 7) is 6.45. The number of methoxy groups -OCH3 is 1. The van der Waals surface area contributed by atoms with Gasteiger partial charge in [-0.3, -0.25) is 0 Å². The maximum atomic E-state index is 5.25. The third kappa shape index (κ3) is 2.64. The molecule has 0 aliphatic carbocycles. The van der Waals surface area contributed by atoms with Crippen LogP contribution in [0.2, 0.25) is 0 Å². The first-order valence-corrected chi connectivity index (χ1v) is 6.76. The molecule has 0 aromatic carbocycles. The highest BCUT2D eigenvalue weighted by Crippen LogP contribution is 2.30. The van der Waals surface area contributed by atoms with E-state index >= 15 is 0 Å². The first kappa shape index (κ1) is 12.9. The summed E-state index contributed by atoms with van der Waals surface area (Å²) in [5, 5.41) is 3.45. The Morgan fingerprint density at radius 2 is 2.17 bits per heavy atom. The molecule has 0 spiro atoms. The molecule has 4 heteroatoms. The summed E-state index contributed by atoms with van der Waals surface area (Å²) < 4.78 is 5.25. The van der Waals surface area contributed by atoms with Crippen LogP contribution in [0, 0.1) is 13.8 Å². The molecule has 0 aliphatic rings. The molecule has 2 aromatic rings. The van der Waals surface area contributed by atoms with E-state index in [0.717, 1.165) is 5.69 Å². The van der Waals surface area contributed by atoms with Gasteiger partial charge < -0.3 is 10.1 Å². The number of ether oxygens (including phenoxy) is 1. The Balaban J connectivity index is 2.21. The van der Waals surface area contributed by atoms with Crippen molar-refractivity contribution in [2.24, 2.45) is 0 Å². The van der Waals surface area contributed by atoms with Gasteiger partial charge in [0.2, 0.25) is 5.88 Å². The topological polar surface area (TPSA) is 34.1 Å². The third-order valence-electron chi connectivity index (χ3n) is 2.88. The van der Waals surface area contributed by atoms with E-state index in [4.69, 9.17) is 4.74 Å². The Kier molecular flexibility index (Phi) is 3.87. The van der Waals surface area contributed by atoms with Gasteiger partial charge in [-0.1, -0.05) is 0 Å². The van der Waals surface area contributed by atoms with Gasteiger partial charge in [0.05, 0.1) is 12.8 Å². The number of nitrogens with one attached hydrogen (secondary N) is 1. The fraction of sp³-hybridized carbons (Fsp3) is 0.357. The average Bonchev–Trinajstić information content (AvgIpc) is 2.69. The highest BCUT2D eigenvalue weighted by Gasteiger charge is 2.13. The van der Waals surface area contributed by atoms with E-state index in [2.05, 4.69) is 37.1 Å². The van der Waals surface area contributed by atoms with E-state index in [0.29, 0.717) is 5.88 Å². The second-order valence-corrected chi connectivity index (χ2v) is 5.76. The van der Waals surface area contributed by atoms with Crippen molar-refractivity contribution in [1.29, 1.82) is 0 Å². The predicted molar refractivity (Wildman–Crippen MR) is 76.6 cm³/mol. The van der Waals surface area contributed by atoms with E-state index in [1.165, 1.54) is 15.3 Å². The number of nitrogens with zero attached hydrogens (tertiary/aromatic N) is 1. The summed E-state index contributed by atoms with van der Waals surface area (Å²) >= 11 is 1.83. The summed E-state index contributed by atoms with van der Waals surface area (Å²) in [7, 11) is 1.64. The van der Waals surface area contributed by atoms with E-state index in [-0.39, 0.29) is 6.04 Å². The molecule has 3 nitrogen and oxygen atoms in total. The Morgan fingerprint density at radius 3 is 2.78 bits per heavy atom. The molecule has 2 heterocycles. The number of rotatable bonds is 4. The first-order valence-electron chi connectivity index (χ1n) is 5.94. The highest BCUT2D eigenvalue weighted by molar-refractivity contribution is 7.12. The standard InChI is InChI=1S/C14H18N2OS/c1-9-8-12(11(3)18-9)10(2)16-13-6-5-7-15-14(13)17-4/h5-8,10,16H,1-4H3/t10-/m0/s1. The molecule has 0 aliphatic heterocycles. The molecule has 2 aromatic heterocycles. The molecule has 96 valence electrons. The normalized spacial score (nSPS) is 12.2. The molecular formula is C14H18N2OS. The van der Waals surface area contributed by atoms with Crippen molar-refractivity contribution in [2.45, 2.75) is 26.8 Å². The minimum absolute atomic E-state index is 0.244. The number of hydrogen-bond acceptors (Lipinski definition) is 4. The lowest BCUT2D eigenvalue weighted by molar-refractivity contribution is 0.399. The lowest BCUT2D eigenvalue weighted by Gasteiger charge is -2.16. The Labute approximate surface area is 112 Å². The molecular weight excluding hydrogens is 244 g/mol. The zero-order valence-corrected chi connectivity index (χ0v) is 12.0. The average molecular weight is 262 g/mol. The van der Waals surface area contributed by atoms with Crippen LogP contribution in [-0.4, -0.2) is 12.1 Å². The van der Waals surface area contributed by atoms with Crippen LogP contribution in [0.5, 0.6) is 5.88 Å². The molecule has 0 unspecified atom stereocenters. The van der Waals surface area contributed by atoms with Gasteiger partial charge in [-0.15, -0.1) is 11.3 Å². The molecule has 2 rings (SSSR count). The second-order valence-electron chi connectivity index (χ2n) is 4.29. The van der Waals surface area contributed by atoms with Gasteiger partial charge in [-0.2, -0.15) is 0 Å². The smallest absolute Gasteiger partial charge is 0.237 e. The van der Waals surface area contributed by atoms with Crippen LogP contribution in [0.1, 0.15) is 28.3 Å². The first-order chi connectivity index (χ1) is 8.61. The van der Waals surface area contributed by atoms with Crippen LogP contribution in [0.25, 0.3) is 0 Å². The Hall–Kier alpha value is -1.55. The monoisotopic (exact) mass is 262 g/mol. The largest absolute Gasteiger partial charge is 0.480 e. The van der Waals surface area contributed by atoms with Crippen molar-refractivity contribution in [3.8, 4) is 5.88 Å². The maximum absolute atomic E-state index is 5.25. The highest BCUT2D eigenvalue weighted by atomic mass is 32.1. The van der Waals surface area contributed by atoms with E-state index < -0.39 is 0 Å². The number of anilines is 1. The van der Waals surface area contributed by atoms with Gasteiger partial charge in [0.15, 0.2) is 0 Å². The molecule has 0 saturated carbocycles. The van der Waals surface area contributed by atoms with Crippen molar-refractivity contribution in [3.63, 3.8) is 0 Å². The van der Waals surface area contributed by atoms with Gasteiger partial charge in [-0.05, 0) is 44.5 Å². The minimum atomic E-state index is 0.244. The second kappa shape index (κ2) is 5.40. The molecule has 1 atom stereocenters. The summed E-state index contributed by atoms with van der Waals surface area (Å²) in [5.74, 6) is 0.633. The molecule has 0 bridgehead atoms. The van der Waals surface area contributed by atoms with Crippen molar-refractivity contribution in [2.75, 3.05) is 12.4 Å². The molecule has 0 radical (unpaired) electrons. The molecule has 18 heavy (non-hydrogen) atoms. The van der Waals surface area contributed by atoms with Crippen LogP contribution in [-0.2, 0) is 0 Å². The summed E-state index contributed by atoms with van der Waals surface area (Å²) in [6.07, 6.45) is 1.73. The van der Waals surface area contributed by atoms with E-state index in [1.54, 1.807) is 13.3 Å². The van der Waals surface area contributed by atoms with Crippen LogP contribution in [0.15, 0.2) is 24.4 Å². The Bertz CT molecular complexity index is 536. The number of pyridine rings is 1. The number of aryl methyl sites for hydroxylation is 2. The van der Waals surface area contributed by atoms with Crippen molar-refractivity contribution in [3.05, 3.63) is 39.7 Å². The van der Waals surface area contributed by atoms with Crippen LogP contribution < -0.4 is 10.1 Å². The lowest BCUT2D eigenvalue weighted by Crippen LogP contribution is -2.08. The molecule has 0 fully saturated rings. The summed E-state index contributed by atoms with van der Waals surface area (Å²) in [6, 6.07) is 6.37. The minimum Gasteiger partial charge on any atom is -0.480 e. The quantitative estimate of drug-likeness (QED) is 0.906. The van der Waals surface area contributed by atoms with Gasteiger partial charge in [-0.25, -0.2) is 4.98 Å². The van der Waals surface area contributed by atoms with E-state index in [1.807, 2.05) is 23.5 Å². The van der Waals surface area contributed by atoms with Crippen molar-refractivity contribution in [1.82, 2.24) is 4.98 Å².